The Labute approximate surface area is 146 Å². The standard InChI is InChI=1S/C17H17ClN2O3S/c1-12-11-19(24(22,23)15-7-5-6-14(18)10-15)16-8-3-4-9-17(16)20(12)13(2)21/h3-10,12H,11H2,1-2H3. The highest BCUT2D eigenvalue weighted by Crippen LogP contribution is 2.38. The molecule has 126 valence electrons. The maximum Gasteiger partial charge on any atom is 0.264 e. The molecule has 1 unspecified atom stereocenters. The van der Waals surface area contributed by atoms with Crippen LogP contribution in [0.15, 0.2) is 53.4 Å². The van der Waals surface area contributed by atoms with Crippen molar-refractivity contribution in [3.8, 4) is 0 Å². The number of sulfonamides is 1. The number of carbonyl (C=O) groups excluding carboxylic acids is 1. The molecule has 2 aromatic rings. The first-order chi connectivity index (χ1) is 11.3. The molecule has 0 radical (unpaired) electrons. The zero-order valence-electron chi connectivity index (χ0n) is 13.3. The normalized spacial score (nSPS) is 17.5. The summed E-state index contributed by atoms with van der Waals surface area (Å²) in [6.45, 7) is 3.50. The third-order valence-corrected chi connectivity index (χ3v) is 6.01. The first kappa shape index (κ1) is 16.8. The summed E-state index contributed by atoms with van der Waals surface area (Å²) < 4.78 is 27.5. The Morgan fingerprint density at radius 3 is 2.42 bits per heavy atom. The topological polar surface area (TPSA) is 57.7 Å². The Bertz CT molecular complexity index is 898. The Morgan fingerprint density at radius 2 is 1.79 bits per heavy atom. The van der Waals surface area contributed by atoms with E-state index in [1.54, 1.807) is 41.3 Å². The van der Waals surface area contributed by atoms with Crippen LogP contribution < -0.4 is 9.21 Å². The quantitative estimate of drug-likeness (QED) is 0.821. The molecule has 5 nitrogen and oxygen atoms in total. The van der Waals surface area contributed by atoms with E-state index in [-0.39, 0.29) is 23.4 Å². The molecule has 2 aromatic carbocycles. The monoisotopic (exact) mass is 364 g/mol. The fraction of sp³-hybridized carbons (Fsp3) is 0.235. The molecule has 24 heavy (non-hydrogen) atoms. The van der Waals surface area contributed by atoms with Crippen LogP contribution in [0.4, 0.5) is 11.4 Å². The summed E-state index contributed by atoms with van der Waals surface area (Å²) in [4.78, 5) is 13.7. The van der Waals surface area contributed by atoms with Crippen LogP contribution in [0.25, 0.3) is 0 Å². The lowest BCUT2D eigenvalue weighted by Gasteiger charge is -2.40. The van der Waals surface area contributed by atoms with E-state index >= 15 is 0 Å². The third-order valence-electron chi connectivity index (χ3n) is 4.00. The Morgan fingerprint density at radius 1 is 1.12 bits per heavy atom. The molecule has 0 saturated heterocycles. The van der Waals surface area contributed by atoms with Crippen LogP contribution in [-0.4, -0.2) is 26.9 Å². The number of fused-ring (bicyclic) bond motifs is 1. The van der Waals surface area contributed by atoms with Gasteiger partial charge in [-0.2, -0.15) is 0 Å². The number of nitrogens with zero attached hydrogens (tertiary/aromatic N) is 2. The van der Waals surface area contributed by atoms with Gasteiger partial charge in [0.15, 0.2) is 0 Å². The molecule has 0 fully saturated rings. The number of hydrogen-bond donors (Lipinski definition) is 0. The van der Waals surface area contributed by atoms with Gasteiger partial charge in [-0.1, -0.05) is 29.8 Å². The Kier molecular flexibility index (Phi) is 4.27. The molecule has 7 heteroatoms. The van der Waals surface area contributed by atoms with Crippen molar-refractivity contribution in [3.05, 3.63) is 53.6 Å². The van der Waals surface area contributed by atoms with Crippen molar-refractivity contribution < 1.29 is 13.2 Å². The minimum atomic E-state index is -3.77. The van der Waals surface area contributed by atoms with Crippen LogP contribution in [0.2, 0.25) is 5.02 Å². The van der Waals surface area contributed by atoms with Crippen LogP contribution in [-0.2, 0) is 14.8 Å². The number of rotatable bonds is 2. The minimum absolute atomic E-state index is 0.116. The van der Waals surface area contributed by atoms with Gasteiger partial charge in [-0.05, 0) is 37.3 Å². The number of carbonyl (C=O) groups is 1. The third kappa shape index (κ3) is 2.76. The van der Waals surface area contributed by atoms with Gasteiger partial charge in [-0.3, -0.25) is 9.10 Å². The molecule has 1 aliphatic rings. The van der Waals surface area contributed by atoms with Crippen LogP contribution in [0.3, 0.4) is 0 Å². The van der Waals surface area contributed by atoms with Gasteiger partial charge in [0.1, 0.15) is 0 Å². The van der Waals surface area contributed by atoms with Gasteiger partial charge in [0.2, 0.25) is 5.91 Å². The summed E-state index contributed by atoms with van der Waals surface area (Å²) in [5.74, 6) is -0.116. The molecule has 0 bridgehead atoms. The van der Waals surface area contributed by atoms with Gasteiger partial charge in [-0.15, -0.1) is 0 Å². The van der Waals surface area contributed by atoms with Crippen LogP contribution in [0, 0.1) is 0 Å². The van der Waals surface area contributed by atoms with Gasteiger partial charge in [0.25, 0.3) is 10.0 Å². The van der Waals surface area contributed by atoms with Crippen molar-refractivity contribution in [2.24, 2.45) is 0 Å². The molecule has 0 aromatic heterocycles. The smallest absolute Gasteiger partial charge is 0.264 e. The number of halogens is 1. The lowest BCUT2D eigenvalue weighted by Crippen LogP contribution is -2.51. The van der Waals surface area contributed by atoms with Gasteiger partial charge in [0, 0.05) is 11.9 Å². The molecule has 1 aliphatic heterocycles. The van der Waals surface area contributed by atoms with Gasteiger partial charge in [-0.25, -0.2) is 8.42 Å². The highest BCUT2D eigenvalue weighted by Gasteiger charge is 2.36. The Balaban J connectivity index is 2.15. The van der Waals surface area contributed by atoms with E-state index in [0.29, 0.717) is 16.4 Å². The van der Waals surface area contributed by atoms with E-state index in [2.05, 4.69) is 0 Å². The second-order valence-electron chi connectivity index (χ2n) is 5.72. The highest BCUT2D eigenvalue weighted by atomic mass is 35.5. The predicted molar refractivity (Wildman–Crippen MR) is 95.0 cm³/mol. The Hall–Kier alpha value is -2.05. The number of para-hydroxylation sites is 2. The molecule has 1 amide bonds. The van der Waals surface area contributed by atoms with E-state index in [4.69, 9.17) is 11.6 Å². The van der Waals surface area contributed by atoms with Gasteiger partial charge >= 0.3 is 0 Å². The van der Waals surface area contributed by atoms with Crippen LogP contribution in [0.5, 0.6) is 0 Å². The predicted octanol–water partition coefficient (Wildman–Crippen LogP) is 3.29. The zero-order valence-corrected chi connectivity index (χ0v) is 14.9. The largest absolute Gasteiger partial charge is 0.306 e. The van der Waals surface area contributed by atoms with E-state index in [1.807, 2.05) is 6.92 Å². The van der Waals surface area contributed by atoms with E-state index < -0.39 is 10.0 Å². The van der Waals surface area contributed by atoms with E-state index in [0.717, 1.165) is 0 Å². The second kappa shape index (κ2) is 6.11. The maximum atomic E-state index is 13.1. The summed E-state index contributed by atoms with van der Waals surface area (Å²) in [7, 11) is -3.77. The molecule has 1 atom stereocenters. The molecule has 0 saturated carbocycles. The summed E-state index contributed by atoms with van der Waals surface area (Å²) in [6, 6.07) is 12.9. The molecule has 3 rings (SSSR count). The molecule has 0 aliphatic carbocycles. The number of anilines is 2. The molecule has 1 heterocycles. The fourth-order valence-corrected chi connectivity index (χ4v) is 4.86. The maximum absolute atomic E-state index is 13.1. The summed E-state index contributed by atoms with van der Waals surface area (Å²) in [5, 5.41) is 0.361. The number of hydrogen-bond acceptors (Lipinski definition) is 3. The van der Waals surface area contributed by atoms with Crippen molar-refractivity contribution in [1.82, 2.24) is 0 Å². The molecular formula is C17H17ClN2O3S. The van der Waals surface area contributed by atoms with Crippen LogP contribution >= 0.6 is 11.6 Å². The first-order valence-electron chi connectivity index (χ1n) is 7.49. The zero-order chi connectivity index (χ0) is 17.5. The van der Waals surface area contributed by atoms with Crippen molar-refractivity contribution in [2.75, 3.05) is 15.7 Å². The van der Waals surface area contributed by atoms with E-state index in [9.17, 15) is 13.2 Å². The van der Waals surface area contributed by atoms with Gasteiger partial charge < -0.3 is 4.90 Å². The SMILES string of the molecule is CC(=O)N1c2ccccc2N(S(=O)(=O)c2cccc(Cl)c2)CC1C. The first-order valence-corrected chi connectivity index (χ1v) is 9.31. The van der Waals surface area contributed by atoms with Crippen LogP contribution in [0.1, 0.15) is 13.8 Å². The molecular weight excluding hydrogens is 348 g/mol. The number of benzene rings is 2. The summed E-state index contributed by atoms with van der Waals surface area (Å²) in [5.41, 5.74) is 1.08. The van der Waals surface area contributed by atoms with Crippen molar-refractivity contribution in [3.63, 3.8) is 0 Å². The summed E-state index contributed by atoms with van der Waals surface area (Å²) >= 11 is 5.95. The average Bonchev–Trinajstić information content (AvgIpc) is 2.53. The lowest BCUT2D eigenvalue weighted by atomic mass is 10.1. The highest BCUT2D eigenvalue weighted by molar-refractivity contribution is 7.92. The van der Waals surface area contributed by atoms with E-state index in [1.165, 1.54) is 23.4 Å². The van der Waals surface area contributed by atoms with Gasteiger partial charge in [0.05, 0.1) is 28.9 Å². The fourth-order valence-electron chi connectivity index (χ4n) is 3.00. The minimum Gasteiger partial charge on any atom is -0.306 e. The lowest BCUT2D eigenvalue weighted by molar-refractivity contribution is -0.117. The molecule has 0 spiro atoms. The summed E-state index contributed by atoms with van der Waals surface area (Å²) in [6.07, 6.45) is 0. The molecule has 0 N–H and O–H groups in total. The van der Waals surface area contributed by atoms with Crippen molar-refractivity contribution in [2.45, 2.75) is 24.8 Å². The second-order valence-corrected chi connectivity index (χ2v) is 8.02. The van der Waals surface area contributed by atoms with Crippen molar-refractivity contribution >= 4 is 38.9 Å². The number of amides is 1. The van der Waals surface area contributed by atoms with Crippen molar-refractivity contribution in [1.29, 1.82) is 0 Å². The average molecular weight is 365 g/mol.